The van der Waals surface area contributed by atoms with E-state index in [0.717, 1.165) is 0 Å². The smallest absolute Gasteiger partial charge is 0.308 e. The zero-order valence-electron chi connectivity index (χ0n) is 10.9. The number of benzene rings is 1. The molecular formula is C13H20NO3P. The van der Waals surface area contributed by atoms with Gasteiger partial charge in [0.05, 0.1) is 13.2 Å². The minimum atomic E-state index is -3.06. The summed E-state index contributed by atoms with van der Waals surface area (Å²) in [6.07, 6.45) is 0.688. The third-order valence-electron chi connectivity index (χ3n) is 3.06. The number of hydrogen-bond donors (Lipinski definition) is 1. The summed E-state index contributed by atoms with van der Waals surface area (Å²) in [4.78, 5) is 0. The Morgan fingerprint density at radius 1 is 1.22 bits per heavy atom. The van der Waals surface area contributed by atoms with Crippen LogP contribution in [0.3, 0.4) is 0 Å². The number of nitrogens with one attached hydrogen (secondary N) is 1. The molecule has 1 atom stereocenters. The predicted molar refractivity (Wildman–Crippen MR) is 71.6 cm³/mol. The van der Waals surface area contributed by atoms with Crippen LogP contribution in [0.4, 0.5) is 0 Å². The van der Waals surface area contributed by atoms with E-state index in [4.69, 9.17) is 9.05 Å². The van der Waals surface area contributed by atoms with E-state index in [2.05, 4.69) is 17.4 Å². The lowest BCUT2D eigenvalue weighted by Gasteiger charge is -2.31. The molecule has 4 nitrogen and oxygen atoms in total. The van der Waals surface area contributed by atoms with E-state index in [-0.39, 0.29) is 5.78 Å². The second-order valence-corrected chi connectivity index (χ2v) is 6.46. The molecule has 0 bridgehead atoms. The van der Waals surface area contributed by atoms with Crippen LogP contribution in [0.1, 0.15) is 25.0 Å². The molecule has 1 N–H and O–H groups in total. The zero-order chi connectivity index (χ0) is 13.0. The lowest BCUT2D eigenvalue weighted by atomic mass is 10.0. The second-order valence-electron chi connectivity index (χ2n) is 4.24. The van der Waals surface area contributed by atoms with E-state index in [1.807, 2.05) is 26.0 Å². The molecule has 0 aliphatic carbocycles. The molecule has 0 spiro atoms. The molecular weight excluding hydrogens is 249 g/mol. The molecule has 0 aromatic heterocycles. The molecule has 2 rings (SSSR count). The molecule has 1 aromatic rings. The molecule has 0 fully saturated rings. The van der Waals surface area contributed by atoms with Crippen LogP contribution >= 0.6 is 7.60 Å². The van der Waals surface area contributed by atoms with Crippen LogP contribution in [0.2, 0.25) is 0 Å². The van der Waals surface area contributed by atoms with Crippen molar-refractivity contribution in [2.24, 2.45) is 0 Å². The fourth-order valence-electron chi connectivity index (χ4n) is 2.24. The summed E-state index contributed by atoms with van der Waals surface area (Å²) in [5, 5.41) is 3.27. The number of fused-ring (bicyclic) bond motifs is 1. The first-order valence-corrected chi connectivity index (χ1v) is 7.99. The summed E-state index contributed by atoms with van der Waals surface area (Å²) in [6.45, 7) is 5.18. The summed E-state index contributed by atoms with van der Waals surface area (Å²) >= 11 is 0. The van der Waals surface area contributed by atoms with Gasteiger partial charge in [0.15, 0.2) is 0 Å². The monoisotopic (exact) mass is 269 g/mol. The van der Waals surface area contributed by atoms with E-state index in [9.17, 15) is 4.57 Å². The Morgan fingerprint density at radius 3 is 2.44 bits per heavy atom. The third kappa shape index (κ3) is 2.83. The summed E-state index contributed by atoms with van der Waals surface area (Å²) < 4.78 is 23.5. The van der Waals surface area contributed by atoms with E-state index in [0.29, 0.717) is 26.2 Å². The number of hydrogen-bond acceptors (Lipinski definition) is 4. The minimum absolute atomic E-state index is 0.243. The Balaban J connectivity index is 2.18. The van der Waals surface area contributed by atoms with Crippen LogP contribution in [0, 0.1) is 0 Å². The SMILES string of the molecule is CCOP(=O)(OCC)C1Cc2ccccc2CN1. The topological polar surface area (TPSA) is 47.6 Å². The van der Waals surface area contributed by atoms with E-state index in [1.165, 1.54) is 11.1 Å². The molecule has 1 aliphatic heterocycles. The van der Waals surface area contributed by atoms with Crippen molar-refractivity contribution in [2.45, 2.75) is 32.6 Å². The average Bonchev–Trinajstić information content (AvgIpc) is 2.39. The van der Waals surface area contributed by atoms with Crippen molar-refractivity contribution in [3.8, 4) is 0 Å². The van der Waals surface area contributed by atoms with Gasteiger partial charge in [-0.05, 0) is 31.4 Å². The van der Waals surface area contributed by atoms with Gasteiger partial charge in [0.1, 0.15) is 5.78 Å². The van der Waals surface area contributed by atoms with Gasteiger partial charge in [0.25, 0.3) is 0 Å². The summed E-state index contributed by atoms with van der Waals surface area (Å²) in [6, 6.07) is 8.19. The Labute approximate surface area is 108 Å². The molecule has 18 heavy (non-hydrogen) atoms. The van der Waals surface area contributed by atoms with Crippen LogP contribution < -0.4 is 5.32 Å². The standard InChI is InChI=1S/C13H20NO3P/c1-3-16-18(15,17-4-2)13-9-11-7-5-6-8-12(11)10-14-13/h5-8,13-14H,3-4,9-10H2,1-2H3. The van der Waals surface area contributed by atoms with Gasteiger partial charge in [-0.25, -0.2) is 0 Å². The van der Waals surface area contributed by atoms with Crippen molar-refractivity contribution in [3.05, 3.63) is 35.4 Å². The summed E-state index contributed by atoms with van der Waals surface area (Å²) in [5.74, 6) is -0.243. The Bertz CT molecular complexity index is 440. The fraction of sp³-hybridized carbons (Fsp3) is 0.538. The highest BCUT2D eigenvalue weighted by atomic mass is 31.2. The highest BCUT2D eigenvalue weighted by Crippen LogP contribution is 2.53. The first kappa shape index (κ1) is 13.8. The van der Waals surface area contributed by atoms with Gasteiger partial charge < -0.3 is 9.05 Å². The van der Waals surface area contributed by atoms with Crippen molar-refractivity contribution in [1.82, 2.24) is 5.32 Å². The minimum Gasteiger partial charge on any atom is -0.308 e. The van der Waals surface area contributed by atoms with Crippen molar-refractivity contribution < 1.29 is 13.6 Å². The molecule has 5 heteroatoms. The molecule has 1 aromatic carbocycles. The second kappa shape index (κ2) is 5.98. The predicted octanol–water partition coefficient (Wildman–Crippen LogP) is 2.92. The van der Waals surface area contributed by atoms with Crippen LogP contribution in [-0.2, 0) is 26.6 Å². The lowest BCUT2D eigenvalue weighted by molar-refractivity contribution is 0.205. The van der Waals surface area contributed by atoms with Gasteiger partial charge in [0.2, 0.25) is 0 Å². The number of rotatable bonds is 5. The van der Waals surface area contributed by atoms with Gasteiger partial charge in [-0.2, -0.15) is 0 Å². The first-order chi connectivity index (χ1) is 8.69. The molecule has 0 saturated heterocycles. The molecule has 0 saturated carbocycles. The molecule has 0 amide bonds. The van der Waals surface area contributed by atoms with Crippen LogP contribution in [0.25, 0.3) is 0 Å². The molecule has 1 unspecified atom stereocenters. The van der Waals surface area contributed by atoms with Gasteiger partial charge in [-0.15, -0.1) is 0 Å². The van der Waals surface area contributed by atoms with Crippen molar-refractivity contribution in [2.75, 3.05) is 13.2 Å². The van der Waals surface area contributed by atoms with Crippen molar-refractivity contribution in [3.63, 3.8) is 0 Å². The summed E-state index contributed by atoms with van der Waals surface area (Å²) in [5.41, 5.74) is 2.48. The van der Waals surface area contributed by atoms with Crippen LogP contribution in [0.5, 0.6) is 0 Å². The van der Waals surface area contributed by atoms with E-state index in [1.54, 1.807) is 0 Å². The van der Waals surface area contributed by atoms with E-state index < -0.39 is 7.60 Å². The Morgan fingerprint density at radius 2 is 1.83 bits per heavy atom. The van der Waals surface area contributed by atoms with E-state index >= 15 is 0 Å². The Hall–Kier alpha value is -0.670. The lowest BCUT2D eigenvalue weighted by Crippen LogP contribution is -2.36. The fourth-order valence-corrected chi connectivity index (χ4v) is 4.13. The largest absolute Gasteiger partial charge is 0.347 e. The van der Waals surface area contributed by atoms with Gasteiger partial charge in [0, 0.05) is 6.54 Å². The first-order valence-electron chi connectivity index (χ1n) is 6.38. The zero-order valence-corrected chi connectivity index (χ0v) is 11.8. The maximum absolute atomic E-state index is 12.7. The maximum atomic E-state index is 12.7. The van der Waals surface area contributed by atoms with Crippen LogP contribution in [-0.4, -0.2) is 19.0 Å². The molecule has 0 radical (unpaired) electrons. The van der Waals surface area contributed by atoms with Crippen molar-refractivity contribution in [1.29, 1.82) is 0 Å². The maximum Gasteiger partial charge on any atom is 0.347 e. The van der Waals surface area contributed by atoms with Gasteiger partial charge in [-0.1, -0.05) is 24.3 Å². The highest BCUT2D eigenvalue weighted by Gasteiger charge is 2.37. The van der Waals surface area contributed by atoms with Gasteiger partial charge >= 0.3 is 7.60 Å². The Kier molecular flexibility index (Phi) is 4.57. The summed E-state index contributed by atoms with van der Waals surface area (Å²) in [7, 11) is -3.06. The average molecular weight is 269 g/mol. The highest BCUT2D eigenvalue weighted by molar-refractivity contribution is 7.54. The third-order valence-corrected chi connectivity index (χ3v) is 5.42. The van der Waals surface area contributed by atoms with Crippen LogP contribution in [0.15, 0.2) is 24.3 Å². The van der Waals surface area contributed by atoms with Gasteiger partial charge in [-0.3, -0.25) is 9.88 Å². The normalized spacial score (nSPS) is 19.6. The quantitative estimate of drug-likeness (QED) is 0.835. The van der Waals surface area contributed by atoms with Crippen molar-refractivity contribution >= 4 is 7.60 Å². The molecule has 100 valence electrons. The molecule has 1 heterocycles. The molecule has 1 aliphatic rings.